The molecule has 0 fully saturated rings. The zero-order valence-electron chi connectivity index (χ0n) is 14.6. The lowest BCUT2D eigenvalue weighted by Crippen LogP contribution is -2.33. The van der Waals surface area contributed by atoms with E-state index in [1.54, 1.807) is 24.5 Å². The van der Waals surface area contributed by atoms with Gasteiger partial charge < -0.3 is 10.2 Å². The van der Waals surface area contributed by atoms with Crippen LogP contribution >= 0.6 is 11.3 Å². The predicted octanol–water partition coefficient (Wildman–Crippen LogP) is 3.03. The molecule has 6 nitrogen and oxygen atoms in total. The number of carbonyl (C=O) groups excluding carboxylic acids is 2. The fourth-order valence-corrected chi connectivity index (χ4v) is 4.04. The van der Waals surface area contributed by atoms with Gasteiger partial charge in [0.25, 0.3) is 11.8 Å². The lowest BCUT2D eigenvalue weighted by atomic mass is 10.2. The van der Waals surface area contributed by atoms with Crippen molar-refractivity contribution in [1.82, 2.24) is 14.9 Å². The first-order valence-electron chi connectivity index (χ1n) is 8.75. The summed E-state index contributed by atoms with van der Waals surface area (Å²) in [5, 5.41) is 3.29. The average Bonchev–Trinajstić information content (AvgIpc) is 3.02. The summed E-state index contributed by atoms with van der Waals surface area (Å²) in [4.78, 5) is 36.5. The molecule has 136 valence electrons. The highest BCUT2D eigenvalue weighted by molar-refractivity contribution is 7.13. The summed E-state index contributed by atoms with van der Waals surface area (Å²) in [5.41, 5.74) is 2.32. The van der Waals surface area contributed by atoms with Crippen molar-refractivity contribution in [3.63, 3.8) is 0 Å². The summed E-state index contributed by atoms with van der Waals surface area (Å²) in [6, 6.07) is 12.8. The van der Waals surface area contributed by atoms with Crippen molar-refractivity contribution in [2.45, 2.75) is 12.8 Å². The van der Waals surface area contributed by atoms with Crippen LogP contribution in [0.15, 0.2) is 54.9 Å². The maximum Gasteiger partial charge on any atom is 0.284 e. The number of fused-ring (bicyclic) bond motifs is 1. The van der Waals surface area contributed by atoms with Gasteiger partial charge in [-0.05, 0) is 24.3 Å². The number of benzene rings is 1. The number of hydrogen-bond acceptors (Lipinski definition) is 5. The second-order valence-electron chi connectivity index (χ2n) is 6.24. The van der Waals surface area contributed by atoms with Crippen LogP contribution in [0.2, 0.25) is 0 Å². The first-order chi connectivity index (χ1) is 13.2. The molecule has 2 amide bonds. The number of amides is 2. The molecular formula is C20H18N4O2S. The van der Waals surface area contributed by atoms with Gasteiger partial charge in [-0.15, -0.1) is 11.3 Å². The zero-order chi connectivity index (χ0) is 18.6. The lowest BCUT2D eigenvalue weighted by Gasteiger charge is -2.20. The van der Waals surface area contributed by atoms with Crippen LogP contribution in [0.5, 0.6) is 0 Å². The van der Waals surface area contributed by atoms with Gasteiger partial charge in [0, 0.05) is 54.5 Å². The highest BCUT2D eigenvalue weighted by Crippen LogP contribution is 2.24. The van der Waals surface area contributed by atoms with Gasteiger partial charge >= 0.3 is 0 Å². The molecule has 0 aliphatic carbocycles. The molecule has 0 bridgehead atoms. The van der Waals surface area contributed by atoms with Gasteiger partial charge in [0.15, 0.2) is 5.01 Å². The van der Waals surface area contributed by atoms with Crippen molar-refractivity contribution in [3.8, 4) is 0 Å². The molecule has 1 aromatic carbocycles. The molecule has 0 saturated heterocycles. The minimum atomic E-state index is -0.212. The van der Waals surface area contributed by atoms with Crippen molar-refractivity contribution < 1.29 is 9.59 Å². The van der Waals surface area contributed by atoms with Crippen molar-refractivity contribution in [1.29, 1.82) is 0 Å². The maximum atomic E-state index is 12.6. The Hall–Kier alpha value is -3.06. The lowest BCUT2D eigenvalue weighted by molar-refractivity contribution is 0.0762. The highest BCUT2D eigenvalue weighted by Gasteiger charge is 2.24. The topological polar surface area (TPSA) is 75.2 Å². The molecule has 7 heteroatoms. The Morgan fingerprint density at radius 3 is 2.52 bits per heavy atom. The number of rotatable bonds is 3. The number of aromatic nitrogens is 2. The fourth-order valence-electron chi connectivity index (χ4n) is 3.05. The highest BCUT2D eigenvalue weighted by atomic mass is 32.1. The van der Waals surface area contributed by atoms with Crippen LogP contribution in [0, 0.1) is 0 Å². The van der Waals surface area contributed by atoms with Crippen molar-refractivity contribution in [3.05, 3.63) is 76.0 Å². The van der Waals surface area contributed by atoms with Crippen molar-refractivity contribution in [2.75, 3.05) is 18.4 Å². The minimum Gasteiger partial charge on any atom is -0.338 e. The Morgan fingerprint density at radius 2 is 1.74 bits per heavy atom. The van der Waals surface area contributed by atoms with Gasteiger partial charge in [-0.3, -0.25) is 14.6 Å². The second-order valence-corrected chi connectivity index (χ2v) is 7.32. The van der Waals surface area contributed by atoms with Crippen LogP contribution in [0.4, 0.5) is 5.69 Å². The molecule has 0 spiro atoms. The standard InChI is InChI=1S/C20H18N4O2S/c25-18(22-15-6-10-21-11-7-15)19-23-16-8-12-24(13-9-17(16)27-19)20(26)14-4-2-1-3-5-14/h1-7,10-11H,8-9,12-13H2,(H,21,22,25). The number of thiazole rings is 1. The Bertz CT molecular complexity index is 931. The number of pyridine rings is 1. The normalized spacial score (nSPS) is 13.6. The molecule has 2 aromatic heterocycles. The molecule has 0 unspecified atom stereocenters. The maximum absolute atomic E-state index is 12.6. The molecule has 1 aliphatic rings. The van der Waals surface area contributed by atoms with Crippen molar-refractivity contribution >= 4 is 28.8 Å². The Balaban J connectivity index is 1.44. The molecule has 1 N–H and O–H groups in total. The number of nitrogens with one attached hydrogen (secondary N) is 1. The van der Waals surface area contributed by atoms with Gasteiger partial charge in [0.05, 0.1) is 5.69 Å². The van der Waals surface area contributed by atoms with E-state index in [1.165, 1.54) is 11.3 Å². The van der Waals surface area contributed by atoms with E-state index in [0.717, 1.165) is 10.6 Å². The third kappa shape index (κ3) is 3.88. The van der Waals surface area contributed by atoms with E-state index in [9.17, 15) is 9.59 Å². The number of anilines is 1. The number of hydrogen-bond donors (Lipinski definition) is 1. The SMILES string of the molecule is O=C(Nc1ccncc1)c1nc2c(s1)CCN(C(=O)c1ccccc1)CC2. The van der Waals surface area contributed by atoms with Crippen molar-refractivity contribution in [2.24, 2.45) is 0 Å². The minimum absolute atomic E-state index is 0.0430. The van der Waals surface area contributed by atoms with Gasteiger partial charge in [0.2, 0.25) is 0 Å². The van der Waals surface area contributed by atoms with E-state index < -0.39 is 0 Å². The van der Waals surface area contributed by atoms with Gasteiger partial charge in [-0.2, -0.15) is 0 Å². The van der Waals surface area contributed by atoms with Crippen LogP contribution in [-0.2, 0) is 12.8 Å². The first-order valence-corrected chi connectivity index (χ1v) is 9.56. The summed E-state index contributed by atoms with van der Waals surface area (Å²) < 4.78 is 0. The van der Waals surface area contributed by atoms with E-state index in [1.807, 2.05) is 35.2 Å². The molecule has 4 rings (SSSR count). The van der Waals surface area contributed by atoms with E-state index in [-0.39, 0.29) is 11.8 Å². The van der Waals surface area contributed by atoms with Crippen LogP contribution in [0.1, 0.15) is 30.7 Å². The smallest absolute Gasteiger partial charge is 0.284 e. The van der Waals surface area contributed by atoms with E-state index in [4.69, 9.17) is 0 Å². The molecule has 27 heavy (non-hydrogen) atoms. The van der Waals surface area contributed by atoms with Gasteiger partial charge in [-0.25, -0.2) is 4.98 Å². The zero-order valence-corrected chi connectivity index (χ0v) is 15.4. The van der Waals surface area contributed by atoms with Crippen LogP contribution in [0.3, 0.4) is 0 Å². The molecule has 1 aliphatic heterocycles. The monoisotopic (exact) mass is 378 g/mol. The van der Waals surface area contributed by atoms with E-state index >= 15 is 0 Å². The second kappa shape index (κ2) is 7.67. The quantitative estimate of drug-likeness (QED) is 0.760. The molecular weight excluding hydrogens is 360 g/mol. The number of nitrogens with zero attached hydrogens (tertiary/aromatic N) is 3. The third-order valence-electron chi connectivity index (χ3n) is 4.45. The van der Waals surface area contributed by atoms with Crippen LogP contribution in [0.25, 0.3) is 0 Å². The third-order valence-corrected chi connectivity index (χ3v) is 5.60. The molecule has 0 atom stereocenters. The summed E-state index contributed by atoms with van der Waals surface area (Å²) in [5.74, 6) is -0.169. The largest absolute Gasteiger partial charge is 0.338 e. The molecule has 3 heterocycles. The Morgan fingerprint density at radius 1 is 1.00 bits per heavy atom. The van der Waals surface area contributed by atoms with Gasteiger partial charge in [0.1, 0.15) is 0 Å². The fraction of sp³-hybridized carbons (Fsp3) is 0.200. The van der Waals surface area contributed by atoms with Crippen LogP contribution in [-0.4, -0.2) is 39.8 Å². The Labute approximate surface area is 160 Å². The Kier molecular flexibility index (Phi) is 4.93. The number of carbonyl (C=O) groups is 2. The molecule has 0 saturated carbocycles. The summed E-state index contributed by atoms with van der Waals surface area (Å²) in [6.45, 7) is 1.24. The summed E-state index contributed by atoms with van der Waals surface area (Å²) >= 11 is 1.41. The molecule has 0 radical (unpaired) electrons. The van der Waals surface area contributed by atoms with Gasteiger partial charge in [-0.1, -0.05) is 18.2 Å². The summed E-state index contributed by atoms with van der Waals surface area (Å²) in [7, 11) is 0. The predicted molar refractivity (Wildman–Crippen MR) is 104 cm³/mol. The van der Waals surface area contributed by atoms with E-state index in [2.05, 4.69) is 15.3 Å². The average molecular weight is 378 g/mol. The molecule has 3 aromatic rings. The van der Waals surface area contributed by atoms with E-state index in [0.29, 0.717) is 42.2 Å². The first kappa shape index (κ1) is 17.4. The van der Waals surface area contributed by atoms with Crippen LogP contribution < -0.4 is 5.32 Å². The summed E-state index contributed by atoms with van der Waals surface area (Å²) in [6.07, 6.45) is 4.64.